The van der Waals surface area contributed by atoms with Gasteiger partial charge in [0.25, 0.3) is 12.0 Å². The van der Waals surface area contributed by atoms with Crippen LogP contribution in [0.15, 0.2) is 41.6 Å². The van der Waals surface area contributed by atoms with Crippen molar-refractivity contribution in [2.24, 2.45) is 0 Å². The number of pyridine rings is 2. The van der Waals surface area contributed by atoms with Gasteiger partial charge >= 0.3 is 6.18 Å². The molecule has 0 N–H and O–H groups in total. The van der Waals surface area contributed by atoms with Crippen molar-refractivity contribution >= 4 is 5.82 Å². The lowest BCUT2D eigenvalue weighted by Crippen LogP contribution is -2.46. The summed E-state index contributed by atoms with van der Waals surface area (Å²) < 4.78 is 89.6. The lowest BCUT2D eigenvalue weighted by molar-refractivity contribution is -0.140. The van der Waals surface area contributed by atoms with Crippen LogP contribution >= 0.6 is 0 Å². The first-order valence-electron chi connectivity index (χ1n) is 10.7. The van der Waals surface area contributed by atoms with Crippen molar-refractivity contribution in [3.63, 3.8) is 0 Å². The molecule has 4 heterocycles. The van der Waals surface area contributed by atoms with Crippen molar-refractivity contribution in [3.05, 3.63) is 69.7 Å². The van der Waals surface area contributed by atoms with Gasteiger partial charge in [0.15, 0.2) is 11.6 Å². The number of alkyl halides is 5. The minimum Gasteiger partial charge on any atom is -0.369 e. The molecular formula is C22H21F6N5O2. The van der Waals surface area contributed by atoms with Crippen LogP contribution < -0.4 is 10.5 Å². The van der Waals surface area contributed by atoms with Crippen molar-refractivity contribution in [3.8, 4) is 5.82 Å². The number of hydrogen-bond acceptors (Lipinski definition) is 5. The first-order chi connectivity index (χ1) is 16.6. The quantitative estimate of drug-likeness (QED) is 0.483. The van der Waals surface area contributed by atoms with Gasteiger partial charge < -0.3 is 9.64 Å². The molecule has 7 nitrogen and oxygen atoms in total. The van der Waals surface area contributed by atoms with Crippen LogP contribution in [0.1, 0.15) is 23.6 Å². The Balaban J connectivity index is 1.79. The molecule has 0 aromatic carbocycles. The van der Waals surface area contributed by atoms with E-state index in [1.165, 1.54) is 12.1 Å². The van der Waals surface area contributed by atoms with E-state index in [1.807, 2.05) is 6.92 Å². The third-order valence-corrected chi connectivity index (χ3v) is 5.59. The molecule has 0 spiro atoms. The Morgan fingerprint density at radius 3 is 2.71 bits per heavy atom. The Hall–Kier alpha value is -3.35. The molecule has 188 valence electrons. The molecule has 1 aliphatic heterocycles. The van der Waals surface area contributed by atoms with Crippen LogP contribution in [0, 0.1) is 5.82 Å². The van der Waals surface area contributed by atoms with Crippen LogP contribution in [0.2, 0.25) is 0 Å². The fourth-order valence-electron chi connectivity index (χ4n) is 3.80. The van der Waals surface area contributed by atoms with Crippen molar-refractivity contribution in [2.75, 3.05) is 24.6 Å². The zero-order valence-electron chi connectivity index (χ0n) is 18.5. The number of aromatic nitrogens is 4. The van der Waals surface area contributed by atoms with Crippen molar-refractivity contribution < 1.29 is 31.1 Å². The highest BCUT2D eigenvalue weighted by molar-refractivity contribution is 5.49. The van der Waals surface area contributed by atoms with Gasteiger partial charge in [-0.1, -0.05) is 6.07 Å². The third kappa shape index (κ3) is 5.19. The largest absolute Gasteiger partial charge is 0.419 e. The Kier molecular flexibility index (Phi) is 6.88. The van der Waals surface area contributed by atoms with E-state index in [-0.39, 0.29) is 31.0 Å². The monoisotopic (exact) mass is 501 g/mol. The summed E-state index contributed by atoms with van der Waals surface area (Å²) >= 11 is 0. The lowest BCUT2D eigenvalue weighted by atomic mass is 10.1. The van der Waals surface area contributed by atoms with E-state index < -0.39 is 48.0 Å². The van der Waals surface area contributed by atoms with E-state index in [0.717, 1.165) is 11.1 Å². The van der Waals surface area contributed by atoms with Gasteiger partial charge in [-0.3, -0.25) is 14.0 Å². The number of ether oxygens (including phenoxy) is 1. The van der Waals surface area contributed by atoms with E-state index in [9.17, 15) is 26.7 Å². The topological polar surface area (TPSA) is 65.2 Å². The fourth-order valence-corrected chi connectivity index (χ4v) is 3.80. The maximum Gasteiger partial charge on any atom is 0.419 e. The summed E-state index contributed by atoms with van der Waals surface area (Å²) in [5, 5.41) is 4.12. The fraction of sp³-hybridized carbons (Fsp3) is 0.409. The number of morpholine rings is 1. The maximum absolute atomic E-state index is 15.1. The van der Waals surface area contributed by atoms with Crippen LogP contribution in [0.3, 0.4) is 0 Å². The second-order valence-electron chi connectivity index (χ2n) is 7.94. The second-order valence-corrected chi connectivity index (χ2v) is 7.94. The normalized spacial score (nSPS) is 16.8. The van der Waals surface area contributed by atoms with Crippen molar-refractivity contribution in [1.29, 1.82) is 0 Å². The minimum absolute atomic E-state index is 0.0328. The Bertz CT molecular complexity index is 1260. The van der Waals surface area contributed by atoms with Gasteiger partial charge in [-0.2, -0.15) is 18.3 Å². The Morgan fingerprint density at radius 2 is 2.06 bits per heavy atom. The van der Waals surface area contributed by atoms with Gasteiger partial charge in [0, 0.05) is 37.5 Å². The summed E-state index contributed by atoms with van der Waals surface area (Å²) in [6.45, 7) is 1.84. The summed E-state index contributed by atoms with van der Waals surface area (Å²) in [7, 11) is 0. The number of halogens is 6. The summed E-state index contributed by atoms with van der Waals surface area (Å²) in [4.78, 5) is 18.2. The predicted octanol–water partition coefficient (Wildman–Crippen LogP) is 3.67. The molecule has 35 heavy (non-hydrogen) atoms. The molecular weight excluding hydrogens is 480 g/mol. The number of aryl methyl sites for hydroxylation is 1. The Morgan fingerprint density at radius 1 is 1.29 bits per heavy atom. The van der Waals surface area contributed by atoms with Crippen molar-refractivity contribution in [1.82, 2.24) is 19.3 Å². The van der Waals surface area contributed by atoms with E-state index in [4.69, 9.17) is 4.74 Å². The van der Waals surface area contributed by atoms with Gasteiger partial charge in [0.05, 0.1) is 24.9 Å². The first kappa shape index (κ1) is 24.8. The van der Waals surface area contributed by atoms with Gasteiger partial charge in [0.2, 0.25) is 0 Å². The average Bonchev–Trinajstić information content (AvgIpc) is 3.28. The molecule has 0 amide bonds. The predicted molar refractivity (Wildman–Crippen MR) is 113 cm³/mol. The molecule has 13 heteroatoms. The molecule has 1 atom stereocenters. The van der Waals surface area contributed by atoms with E-state index in [1.54, 1.807) is 17.1 Å². The molecule has 1 fully saturated rings. The maximum atomic E-state index is 15.1. The van der Waals surface area contributed by atoms with Gasteiger partial charge in [-0.25, -0.2) is 18.2 Å². The molecule has 0 radical (unpaired) electrons. The van der Waals surface area contributed by atoms with Crippen LogP contribution in [0.5, 0.6) is 0 Å². The van der Waals surface area contributed by atoms with Crippen LogP contribution in [-0.4, -0.2) is 51.6 Å². The SMILES string of the molecule is CCn1cc(Cc2cccn(-c3nc(N4CCOC(C(F)F)C4)cc(C(F)(F)F)c3F)c2=O)cn1. The zero-order valence-corrected chi connectivity index (χ0v) is 18.5. The standard InChI is InChI=1S/C22H21F6N5O2/c1-2-32-11-13(10-29-32)8-14-4-3-5-33(21(14)34)20-18(23)15(22(26,27)28)9-17(30-20)31-6-7-35-16(12-31)19(24)25/h3-5,9-11,16,19H,2,6-8,12H2,1H3. The molecule has 4 rings (SSSR count). The van der Waals surface area contributed by atoms with E-state index in [0.29, 0.717) is 22.7 Å². The first-order valence-corrected chi connectivity index (χ1v) is 10.7. The van der Waals surface area contributed by atoms with Gasteiger partial charge in [0.1, 0.15) is 11.9 Å². The van der Waals surface area contributed by atoms with Gasteiger partial charge in [-0.15, -0.1) is 0 Å². The minimum atomic E-state index is -5.11. The summed E-state index contributed by atoms with van der Waals surface area (Å²) in [5.74, 6) is -2.99. The lowest BCUT2D eigenvalue weighted by Gasteiger charge is -2.33. The Labute approximate surface area is 195 Å². The number of hydrogen-bond donors (Lipinski definition) is 0. The summed E-state index contributed by atoms with van der Waals surface area (Å²) in [6.07, 6.45) is -5.01. The highest BCUT2D eigenvalue weighted by atomic mass is 19.4. The van der Waals surface area contributed by atoms with Gasteiger partial charge in [-0.05, 0) is 24.6 Å². The zero-order chi connectivity index (χ0) is 25.3. The number of nitrogens with zero attached hydrogens (tertiary/aromatic N) is 5. The van der Waals surface area contributed by atoms with E-state index in [2.05, 4.69) is 10.1 Å². The molecule has 0 saturated carbocycles. The molecule has 1 saturated heterocycles. The highest BCUT2D eigenvalue weighted by Crippen LogP contribution is 2.35. The molecule has 3 aromatic heterocycles. The van der Waals surface area contributed by atoms with E-state index >= 15 is 4.39 Å². The number of rotatable bonds is 6. The molecule has 1 aliphatic rings. The number of anilines is 1. The molecule has 0 aliphatic carbocycles. The van der Waals surface area contributed by atoms with Crippen LogP contribution in [0.4, 0.5) is 32.2 Å². The smallest absolute Gasteiger partial charge is 0.369 e. The molecule has 1 unspecified atom stereocenters. The summed E-state index contributed by atoms with van der Waals surface area (Å²) in [6, 6.07) is 3.33. The van der Waals surface area contributed by atoms with Crippen LogP contribution in [-0.2, 0) is 23.9 Å². The summed E-state index contributed by atoms with van der Waals surface area (Å²) in [5.41, 5.74) is -1.54. The molecule has 3 aromatic rings. The highest BCUT2D eigenvalue weighted by Gasteiger charge is 2.38. The van der Waals surface area contributed by atoms with Crippen LogP contribution in [0.25, 0.3) is 5.82 Å². The third-order valence-electron chi connectivity index (χ3n) is 5.59. The average molecular weight is 501 g/mol. The van der Waals surface area contributed by atoms with Crippen molar-refractivity contribution in [2.45, 2.75) is 38.6 Å². The second kappa shape index (κ2) is 9.72. The molecule has 0 bridgehead atoms.